The van der Waals surface area contributed by atoms with Crippen molar-refractivity contribution in [2.24, 2.45) is 0 Å². The molecule has 0 bridgehead atoms. The van der Waals surface area contributed by atoms with Crippen molar-refractivity contribution < 1.29 is 9.59 Å². The Morgan fingerprint density at radius 2 is 2.14 bits per heavy atom. The molecule has 0 spiro atoms. The highest BCUT2D eigenvalue weighted by molar-refractivity contribution is 7.20. The second-order valence-corrected chi connectivity index (χ2v) is 6.76. The smallest absolute Gasteiger partial charge is 0.264 e. The van der Waals surface area contributed by atoms with Crippen molar-refractivity contribution in [3.63, 3.8) is 0 Å². The number of hydrogen-bond donors (Lipinski definition) is 2. The van der Waals surface area contributed by atoms with Gasteiger partial charge in [0.25, 0.3) is 5.91 Å². The van der Waals surface area contributed by atoms with Gasteiger partial charge in [0, 0.05) is 23.5 Å². The molecule has 0 unspecified atom stereocenters. The van der Waals surface area contributed by atoms with E-state index in [-0.39, 0.29) is 11.8 Å². The van der Waals surface area contributed by atoms with Crippen LogP contribution in [0.5, 0.6) is 0 Å². The third-order valence-electron chi connectivity index (χ3n) is 3.85. The van der Waals surface area contributed by atoms with Gasteiger partial charge in [0.1, 0.15) is 5.54 Å². The fraction of sp³-hybridized carbons (Fsp3) is 0.333. The van der Waals surface area contributed by atoms with E-state index >= 15 is 0 Å². The number of thiophene rings is 1. The molecule has 1 fully saturated rings. The summed E-state index contributed by atoms with van der Waals surface area (Å²) >= 11 is 1.43. The monoisotopic (exact) mass is 303 g/mol. The van der Waals surface area contributed by atoms with Crippen LogP contribution >= 0.6 is 11.3 Å². The molecule has 2 amide bonds. The maximum atomic E-state index is 12.7. The average Bonchev–Trinajstić information content (AvgIpc) is 2.84. The van der Waals surface area contributed by atoms with Crippen molar-refractivity contribution in [3.05, 3.63) is 29.1 Å². The highest BCUT2D eigenvalue weighted by Crippen LogP contribution is 2.30. The van der Waals surface area contributed by atoms with Gasteiger partial charge in [-0.05, 0) is 43.5 Å². The number of nitrogen functional groups attached to an aromatic ring is 1. The lowest BCUT2D eigenvalue weighted by molar-refractivity contribution is -0.133. The van der Waals surface area contributed by atoms with E-state index in [2.05, 4.69) is 5.32 Å². The highest BCUT2D eigenvalue weighted by Gasteiger charge is 2.41. The Balaban J connectivity index is 1.98. The van der Waals surface area contributed by atoms with Gasteiger partial charge in [-0.15, -0.1) is 11.3 Å². The molecule has 0 saturated carbocycles. The topological polar surface area (TPSA) is 75.4 Å². The normalized spacial score (nSPS) is 17.8. The Kier molecular flexibility index (Phi) is 3.13. The molecule has 5 nitrogen and oxygen atoms in total. The van der Waals surface area contributed by atoms with Crippen molar-refractivity contribution in [1.29, 1.82) is 0 Å². The molecule has 2 aromatic rings. The summed E-state index contributed by atoms with van der Waals surface area (Å²) in [4.78, 5) is 27.0. The zero-order valence-electron chi connectivity index (χ0n) is 12.0. The van der Waals surface area contributed by atoms with Crippen LogP contribution in [0.3, 0.4) is 0 Å². The zero-order chi connectivity index (χ0) is 15.2. The van der Waals surface area contributed by atoms with Crippen LogP contribution in [0.25, 0.3) is 10.1 Å². The molecule has 21 heavy (non-hydrogen) atoms. The lowest BCUT2D eigenvalue weighted by Crippen LogP contribution is -2.63. The fourth-order valence-corrected chi connectivity index (χ4v) is 3.55. The van der Waals surface area contributed by atoms with Crippen LogP contribution in [0.1, 0.15) is 23.5 Å². The number of amides is 2. The first-order chi connectivity index (χ1) is 9.89. The molecular formula is C15H17N3O2S. The number of anilines is 1. The number of benzene rings is 1. The van der Waals surface area contributed by atoms with Crippen LogP contribution in [0.15, 0.2) is 24.3 Å². The van der Waals surface area contributed by atoms with Crippen LogP contribution in [0.2, 0.25) is 0 Å². The Morgan fingerprint density at radius 1 is 1.38 bits per heavy atom. The van der Waals surface area contributed by atoms with Crippen LogP contribution in [-0.2, 0) is 4.79 Å². The SMILES string of the molecule is CC1(C)C(=O)NCCN1C(=O)c1cc2cc(N)ccc2s1. The number of hydrogen-bond acceptors (Lipinski definition) is 4. The lowest BCUT2D eigenvalue weighted by atomic mass is 9.98. The Bertz CT molecular complexity index is 736. The van der Waals surface area contributed by atoms with Gasteiger partial charge < -0.3 is 16.0 Å². The summed E-state index contributed by atoms with van der Waals surface area (Å²) in [6.07, 6.45) is 0. The molecule has 1 saturated heterocycles. The maximum absolute atomic E-state index is 12.7. The van der Waals surface area contributed by atoms with E-state index in [0.29, 0.717) is 23.7 Å². The summed E-state index contributed by atoms with van der Waals surface area (Å²) in [5.41, 5.74) is 5.62. The van der Waals surface area contributed by atoms with E-state index < -0.39 is 5.54 Å². The van der Waals surface area contributed by atoms with Gasteiger partial charge in [0.05, 0.1) is 4.88 Å². The maximum Gasteiger partial charge on any atom is 0.264 e. The Hall–Kier alpha value is -2.08. The van der Waals surface area contributed by atoms with E-state index in [9.17, 15) is 9.59 Å². The van der Waals surface area contributed by atoms with Crippen LogP contribution in [-0.4, -0.2) is 35.3 Å². The second kappa shape index (κ2) is 4.73. The van der Waals surface area contributed by atoms with Gasteiger partial charge in [-0.1, -0.05) is 0 Å². The first kappa shape index (κ1) is 13.9. The van der Waals surface area contributed by atoms with Gasteiger partial charge in [0.2, 0.25) is 5.91 Å². The number of nitrogens with one attached hydrogen (secondary N) is 1. The van der Waals surface area contributed by atoms with Crippen molar-refractivity contribution in [2.45, 2.75) is 19.4 Å². The lowest BCUT2D eigenvalue weighted by Gasteiger charge is -2.40. The summed E-state index contributed by atoms with van der Waals surface area (Å²) in [5.74, 6) is -0.220. The molecule has 2 heterocycles. The fourth-order valence-electron chi connectivity index (χ4n) is 2.56. The largest absolute Gasteiger partial charge is 0.399 e. The predicted octanol–water partition coefficient (Wildman–Crippen LogP) is 1.83. The third-order valence-corrected chi connectivity index (χ3v) is 4.95. The van der Waals surface area contributed by atoms with E-state index in [1.54, 1.807) is 18.7 Å². The van der Waals surface area contributed by atoms with Gasteiger partial charge in [-0.2, -0.15) is 0 Å². The minimum Gasteiger partial charge on any atom is -0.399 e. The molecule has 1 aromatic heterocycles. The first-order valence-corrected chi connectivity index (χ1v) is 7.60. The zero-order valence-corrected chi connectivity index (χ0v) is 12.8. The van der Waals surface area contributed by atoms with E-state index in [4.69, 9.17) is 5.73 Å². The number of carbonyl (C=O) groups is 2. The van der Waals surface area contributed by atoms with Crippen LogP contribution in [0.4, 0.5) is 5.69 Å². The number of nitrogens with zero attached hydrogens (tertiary/aromatic N) is 1. The standard InChI is InChI=1S/C15H17N3O2S/c1-15(2)14(20)17-5-6-18(15)13(19)12-8-9-7-10(16)3-4-11(9)21-12/h3-4,7-8H,5-6,16H2,1-2H3,(H,17,20). The molecule has 0 aliphatic carbocycles. The molecule has 3 N–H and O–H groups in total. The van der Waals surface area contributed by atoms with Crippen molar-refractivity contribution in [2.75, 3.05) is 18.8 Å². The number of fused-ring (bicyclic) bond motifs is 1. The van der Waals surface area contributed by atoms with Crippen molar-refractivity contribution in [3.8, 4) is 0 Å². The molecule has 1 aliphatic rings. The number of rotatable bonds is 1. The molecular weight excluding hydrogens is 286 g/mol. The minimum atomic E-state index is -0.829. The quantitative estimate of drug-likeness (QED) is 0.789. The van der Waals surface area contributed by atoms with Gasteiger partial charge in [-0.3, -0.25) is 9.59 Å². The molecule has 0 atom stereocenters. The molecule has 110 valence electrons. The van der Waals surface area contributed by atoms with Gasteiger partial charge in [-0.25, -0.2) is 0 Å². The number of nitrogens with two attached hydrogens (primary N) is 1. The van der Waals surface area contributed by atoms with Crippen molar-refractivity contribution in [1.82, 2.24) is 10.2 Å². The molecule has 6 heteroatoms. The molecule has 1 aromatic carbocycles. The summed E-state index contributed by atoms with van der Waals surface area (Å²) in [6, 6.07) is 7.45. The van der Waals surface area contributed by atoms with Gasteiger partial charge in [0.15, 0.2) is 0 Å². The Morgan fingerprint density at radius 3 is 2.90 bits per heavy atom. The Labute approximate surface area is 126 Å². The van der Waals surface area contributed by atoms with E-state index in [1.807, 2.05) is 24.3 Å². The predicted molar refractivity (Wildman–Crippen MR) is 84.4 cm³/mol. The van der Waals surface area contributed by atoms with Gasteiger partial charge >= 0.3 is 0 Å². The summed E-state index contributed by atoms with van der Waals surface area (Å²) in [5, 5.41) is 3.76. The number of carbonyl (C=O) groups excluding carboxylic acids is 2. The van der Waals surface area contributed by atoms with Crippen LogP contribution < -0.4 is 11.1 Å². The molecule has 1 aliphatic heterocycles. The summed E-state index contributed by atoms with van der Waals surface area (Å²) in [7, 11) is 0. The van der Waals surface area contributed by atoms with E-state index in [1.165, 1.54) is 11.3 Å². The highest BCUT2D eigenvalue weighted by atomic mass is 32.1. The summed E-state index contributed by atoms with van der Waals surface area (Å²) < 4.78 is 1.02. The van der Waals surface area contributed by atoms with Crippen molar-refractivity contribution >= 4 is 38.9 Å². The second-order valence-electron chi connectivity index (χ2n) is 5.68. The minimum absolute atomic E-state index is 0.102. The number of piperazine rings is 1. The average molecular weight is 303 g/mol. The van der Waals surface area contributed by atoms with Crippen LogP contribution in [0, 0.1) is 0 Å². The van der Waals surface area contributed by atoms with E-state index in [0.717, 1.165) is 10.1 Å². The summed E-state index contributed by atoms with van der Waals surface area (Å²) in [6.45, 7) is 4.55. The third kappa shape index (κ3) is 2.25. The first-order valence-electron chi connectivity index (χ1n) is 6.79. The molecule has 3 rings (SSSR count). The molecule has 0 radical (unpaired) electrons.